The van der Waals surface area contributed by atoms with Crippen molar-refractivity contribution >= 4 is 39.1 Å². The summed E-state index contributed by atoms with van der Waals surface area (Å²) in [5.74, 6) is -0.648. The van der Waals surface area contributed by atoms with Crippen LogP contribution in [-0.4, -0.2) is 57.1 Å². The van der Waals surface area contributed by atoms with Crippen molar-refractivity contribution < 1.29 is 35.9 Å². The van der Waals surface area contributed by atoms with Crippen LogP contribution in [0.25, 0.3) is 0 Å². The number of ether oxygens (including phenoxy) is 1. The zero-order valence-corrected chi connectivity index (χ0v) is 24.1. The van der Waals surface area contributed by atoms with Gasteiger partial charge in [-0.05, 0) is 55.2 Å². The third-order valence-electron chi connectivity index (χ3n) is 6.80. The molecule has 1 fully saturated rings. The van der Waals surface area contributed by atoms with Gasteiger partial charge in [-0.3, -0.25) is 13.9 Å². The Kier molecular flexibility index (Phi) is 10.3. The molecule has 2 aromatic rings. The number of rotatable bonds is 11. The van der Waals surface area contributed by atoms with Crippen molar-refractivity contribution in [2.75, 3.05) is 24.2 Å². The number of benzene rings is 2. The van der Waals surface area contributed by atoms with Gasteiger partial charge < -0.3 is 15.0 Å². The lowest BCUT2D eigenvalue weighted by Crippen LogP contribution is -2.53. The maximum Gasteiger partial charge on any atom is 0.416 e. The van der Waals surface area contributed by atoms with E-state index in [1.165, 1.54) is 12.0 Å². The van der Waals surface area contributed by atoms with E-state index in [0.717, 1.165) is 44.1 Å². The van der Waals surface area contributed by atoms with Crippen LogP contribution in [-0.2, 0) is 32.3 Å². The third kappa shape index (κ3) is 8.03. The summed E-state index contributed by atoms with van der Waals surface area (Å²) in [6, 6.07) is 8.09. The second-order valence-electron chi connectivity index (χ2n) is 9.72. The van der Waals surface area contributed by atoms with Crippen LogP contribution in [0.5, 0.6) is 5.75 Å². The molecule has 220 valence electrons. The van der Waals surface area contributed by atoms with Gasteiger partial charge in [0.15, 0.2) is 0 Å². The van der Waals surface area contributed by atoms with E-state index in [2.05, 4.69) is 5.32 Å². The third-order valence-corrected chi connectivity index (χ3v) is 8.24. The molecule has 0 aliphatic heterocycles. The molecule has 0 spiro atoms. The molecule has 0 heterocycles. The minimum absolute atomic E-state index is 0.0215. The Labute approximate surface area is 237 Å². The molecule has 3 rings (SSSR count). The standard InChI is InChI=1S/C27H33ClF3N3O5S/c1-4-23(26(36)32-20-9-5-6-10-20)33(16-18-8-7-11-21(14-18)39-2)25(35)17-34(40(3,37)38)24-15-19(27(29,30)31)12-13-22(24)28/h7-8,11-15,20,23H,4-6,9-10,16-17H2,1-3H3,(H,32,36)/t23-/m1/s1. The Bertz CT molecular complexity index is 1320. The predicted molar refractivity (Wildman–Crippen MR) is 147 cm³/mol. The highest BCUT2D eigenvalue weighted by Crippen LogP contribution is 2.36. The number of nitrogens with zero attached hydrogens (tertiary/aromatic N) is 2. The topological polar surface area (TPSA) is 96.0 Å². The molecule has 2 aromatic carbocycles. The number of nitrogens with one attached hydrogen (secondary N) is 1. The molecule has 2 amide bonds. The average molecular weight is 604 g/mol. The van der Waals surface area contributed by atoms with Crippen molar-refractivity contribution in [2.24, 2.45) is 0 Å². The zero-order valence-electron chi connectivity index (χ0n) is 22.5. The summed E-state index contributed by atoms with van der Waals surface area (Å²) in [6.45, 7) is 0.792. The average Bonchev–Trinajstić information content (AvgIpc) is 3.39. The molecule has 1 atom stereocenters. The molecule has 0 aromatic heterocycles. The molecule has 8 nitrogen and oxygen atoms in total. The number of sulfonamides is 1. The van der Waals surface area contributed by atoms with E-state index in [-0.39, 0.29) is 29.9 Å². The van der Waals surface area contributed by atoms with Crippen LogP contribution in [0.4, 0.5) is 18.9 Å². The molecule has 1 aliphatic carbocycles. The maximum absolute atomic E-state index is 13.8. The summed E-state index contributed by atoms with van der Waals surface area (Å²) in [6.07, 6.45) is -0.171. The second-order valence-corrected chi connectivity index (χ2v) is 12.0. The Balaban J connectivity index is 2.00. The minimum atomic E-state index is -4.77. The summed E-state index contributed by atoms with van der Waals surface area (Å²) >= 11 is 6.13. The first-order chi connectivity index (χ1) is 18.7. The first kappa shape index (κ1) is 31.5. The predicted octanol–water partition coefficient (Wildman–Crippen LogP) is 5.00. The fourth-order valence-electron chi connectivity index (χ4n) is 4.73. The first-order valence-electron chi connectivity index (χ1n) is 12.8. The SMILES string of the molecule is CC[C@H](C(=O)NC1CCCC1)N(Cc1cccc(OC)c1)C(=O)CN(c1cc(C(F)(F)F)ccc1Cl)S(C)(=O)=O. The monoisotopic (exact) mass is 603 g/mol. The highest BCUT2D eigenvalue weighted by molar-refractivity contribution is 7.92. The van der Waals surface area contributed by atoms with Crippen LogP contribution >= 0.6 is 11.6 Å². The smallest absolute Gasteiger partial charge is 0.416 e. The number of alkyl halides is 3. The van der Waals surface area contributed by atoms with Gasteiger partial charge in [-0.15, -0.1) is 0 Å². The van der Waals surface area contributed by atoms with Gasteiger partial charge >= 0.3 is 6.18 Å². The van der Waals surface area contributed by atoms with E-state index < -0.39 is 45.9 Å². The number of hydrogen-bond donors (Lipinski definition) is 1. The van der Waals surface area contributed by atoms with Crippen LogP contribution in [0.3, 0.4) is 0 Å². The molecule has 13 heteroatoms. The van der Waals surface area contributed by atoms with Crippen molar-refractivity contribution in [3.05, 3.63) is 58.6 Å². The van der Waals surface area contributed by atoms with Crippen LogP contribution in [0.2, 0.25) is 5.02 Å². The van der Waals surface area contributed by atoms with E-state index in [4.69, 9.17) is 16.3 Å². The summed E-state index contributed by atoms with van der Waals surface area (Å²) in [5, 5.41) is 2.71. The molecular weight excluding hydrogens is 571 g/mol. The first-order valence-corrected chi connectivity index (χ1v) is 15.0. The second kappa shape index (κ2) is 13.1. The van der Waals surface area contributed by atoms with E-state index in [1.807, 2.05) is 0 Å². The number of amides is 2. The lowest BCUT2D eigenvalue weighted by atomic mass is 10.1. The number of anilines is 1. The molecule has 1 saturated carbocycles. The maximum atomic E-state index is 13.8. The van der Waals surface area contributed by atoms with Crippen molar-refractivity contribution in [3.63, 3.8) is 0 Å². The molecule has 0 saturated heterocycles. The summed E-state index contributed by atoms with van der Waals surface area (Å²) < 4.78 is 71.6. The zero-order chi connectivity index (χ0) is 29.7. The lowest BCUT2D eigenvalue weighted by molar-refractivity contribution is -0.140. The molecule has 1 aliphatic rings. The van der Waals surface area contributed by atoms with Crippen LogP contribution in [0, 0.1) is 0 Å². The van der Waals surface area contributed by atoms with E-state index in [9.17, 15) is 31.2 Å². The Morgan fingerprint density at radius 3 is 2.40 bits per heavy atom. The quantitative estimate of drug-likeness (QED) is 0.390. The molecular formula is C27H33ClF3N3O5S. The van der Waals surface area contributed by atoms with Gasteiger partial charge in [0, 0.05) is 12.6 Å². The van der Waals surface area contributed by atoms with Gasteiger partial charge in [-0.1, -0.05) is 43.5 Å². The highest BCUT2D eigenvalue weighted by atomic mass is 35.5. The van der Waals surface area contributed by atoms with E-state index in [0.29, 0.717) is 21.7 Å². The number of carbonyl (C=O) groups is 2. The number of halogens is 4. The van der Waals surface area contributed by atoms with Gasteiger partial charge in [0.2, 0.25) is 21.8 Å². The van der Waals surface area contributed by atoms with Gasteiger partial charge in [-0.25, -0.2) is 8.42 Å². The number of hydrogen-bond acceptors (Lipinski definition) is 5. The number of carbonyl (C=O) groups excluding carboxylic acids is 2. The van der Waals surface area contributed by atoms with Gasteiger partial charge in [-0.2, -0.15) is 13.2 Å². The fraction of sp³-hybridized carbons (Fsp3) is 0.481. The van der Waals surface area contributed by atoms with Gasteiger partial charge in [0.25, 0.3) is 0 Å². The summed E-state index contributed by atoms with van der Waals surface area (Å²) in [4.78, 5) is 28.4. The highest BCUT2D eigenvalue weighted by Gasteiger charge is 2.35. The fourth-order valence-corrected chi connectivity index (χ4v) is 5.85. The molecule has 0 bridgehead atoms. The Morgan fingerprint density at radius 2 is 1.82 bits per heavy atom. The van der Waals surface area contributed by atoms with Gasteiger partial charge in [0.05, 0.1) is 29.6 Å². The Morgan fingerprint density at radius 1 is 1.15 bits per heavy atom. The Hall–Kier alpha value is -2.99. The van der Waals surface area contributed by atoms with Gasteiger partial charge in [0.1, 0.15) is 18.3 Å². The van der Waals surface area contributed by atoms with Crippen molar-refractivity contribution in [1.29, 1.82) is 0 Å². The van der Waals surface area contributed by atoms with Crippen LogP contribution in [0.1, 0.15) is 50.2 Å². The molecule has 1 N–H and O–H groups in total. The number of methoxy groups -OCH3 is 1. The van der Waals surface area contributed by atoms with Crippen LogP contribution in [0.15, 0.2) is 42.5 Å². The van der Waals surface area contributed by atoms with E-state index >= 15 is 0 Å². The molecule has 0 unspecified atom stereocenters. The molecule has 40 heavy (non-hydrogen) atoms. The van der Waals surface area contributed by atoms with E-state index in [1.54, 1.807) is 31.2 Å². The minimum Gasteiger partial charge on any atom is -0.497 e. The van der Waals surface area contributed by atoms with Crippen molar-refractivity contribution in [2.45, 2.75) is 63.8 Å². The summed E-state index contributed by atoms with van der Waals surface area (Å²) in [5.41, 5.74) is -0.997. The molecule has 0 radical (unpaired) electrons. The largest absolute Gasteiger partial charge is 0.497 e. The van der Waals surface area contributed by atoms with Crippen molar-refractivity contribution in [3.8, 4) is 5.75 Å². The lowest BCUT2D eigenvalue weighted by Gasteiger charge is -2.33. The summed E-state index contributed by atoms with van der Waals surface area (Å²) in [7, 11) is -2.79. The van der Waals surface area contributed by atoms with Crippen LogP contribution < -0.4 is 14.4 Å². The normalized spacial score (nSPS) is 15.0. The van der Waals surface area contributed by atoms with Crippen molar-refractivity contribution in [1.82, 2.24) is 10.2 Å².